The number of nitrogens with two attached hydrogens (primary N) is 1. The monoisotopic (exact) mass is 486 g/mol. The molecule has 1 aromatic heterocycles. The number of carboxylic acids is 2. The SMILES string of the molecule is CC(C)CC(NC(=O)C(N)CC(=O)O)C(=O)NC(Cc1cnc[nH]1)C(=O)NC(CS)C(=O)O. The number of hydrogen-bond acceptors (Lipinski definition) is 8. The number of H-pyrrole nitrogens is 1. The molecule has 1 rings (SSSR count). The zero-order chi connectivity index (χ0) is 25.1. The minimum absolute atomic E-state index is 0.0304. The first-order valence-corrected chi connectivity index (χ1v) is 10.8. The van der Waals surface area contributed by atoms with E-state index in [0.29, 0.717) is 5.69 Å². The van der Waals surface area contributed by atoms with Crippen molar-refractivity contribution in [3.05, 3.63) is 18.2 Å². The average molecular weight is 487 g/mol. The number of hydrogen-bond donors (Lipinski definition) is 8. The van der Waals surface area contributed by atoms with E-state index in [2.05, 4.69) is 38.5 Å². The summed E-state index contributed by atoms with van der Waals surface area (Å²) in [7, 11) is 0. The smallest absolute Gasteiger partial charge is 0.327 e. The average Bonchev–Trinajstić information content (AvgIpc) is 3.22. The number of imidazole rings is 1. The zero-order valence-electron chi connectivity index (χ0n) is 18.3. The maximum atomic E-state index is 13.0. The third-order valence-corrected chi connectivity index (χ3v) is 4.85. The van der Waals surface area contributed by atoms with Gasteiger partial charge in [0, 0.05) is 24.1 Å². The number of aromatic nitrogens is 2. The van der Waals surface area contributed by atoms with Crippen molar-refractivity contribution in [2.45, 2.75) is 57.3 Å². The number of carbonyl (C=O) groups excluding carboxylic acids is 3. The quantitative estimate of drug-likeness (QED) is 0.140. The zero-order valence-corrected chi connectivity index (χ0v) is 19.2. The summed E-state index contributed by atoms with van der Waals surface area (Å²) in [5.41, 5.74) is 6.07. The van der Waals surface area contributed by atoms with Gasteiger partial charge in [-0.15, -0.1) is 0 Å². The van der Waals surface area contributed by atoms with E-state index in [9.17, 15) is 29.1 Å². The van der Waals surface area contributed by atoms with E-state index >= 15 is 0 Å². The van der Waals surface area contributed by atoms with Gasteiger partial charge in [-0.3, -0.25) is 19.2 Å². The summed E-state index contributed by atoms with van der Waals surface area (Å²) in [4.78, 5) is 66.7. The number of carboxylic acid groups (broad SMARTS) is 2. The Labute approximate surface area is 195 Å². The van der Waals surface area contributed by atoms with Crippen LogP contribution in [0.5, 0.6) is 0 Å². The van der Waals surface area contributed by atoms with E-state index in [1.807, 2.05) is 13.8 Å². The Hall–Kier alpha value is -3.13. The fourth-order valence-corrected chi connectivity index (χ4v) is 3.07. The minimum atomic E-state index is -1.36. The lowest BCUT2D eigenvalue weighted by Crippen LogP contribution is -2.58. The lowest BCUT2D eigenvalue weighted by Gasteiger charge is -2.25. The van der Waals surface area contributed by atoms with E-state index in [1.54, 1.807) is 0 Å². The maximum Gasteiger partial charge on any atom is 0.327 e. The predicted octanol–water partition coefficient (Wildman–Crippen LogP) is -1.73. The van der Waals surface area contributed by atoms with Gasteiger partial charge in [0.15, 0.2) is 0 Å². The highest BCUT2D eigenvalue weighted by molar-refractivity contribution is 7.80. The highest BCUT2D eigenvalue weighted by Gasteiger charge is 2.31. The standard InChI is InChI=1S/C19H30N6O7S/c1-9(2)3-12(23-16(28)11(20)5-15(26)27)17(29)24-13(4-10-6-21-8-22-10)18(30)25-14(7-33)19(31)32/h6,8-9,11-14,33H,3-5,7,20H2,1-2H3,(H,21,22)(H,23,28)(H,24,29)(H,25,30)(H,26,27)(H,31,32). The first-order valence-electron chi connectivity index (χ1n) is 10.1. The van der Waals surface area contributed by atoms with Crippen molar-refractivity contribution < 1.29 is 34.2 Å². The van der Waals surface area contributed by atoms with Crippen molar-refractivity contribution in [3.8, 4) is 0 Å². The van der Waals surface area contributed by atoms with Crippen LogP contribution in [0, 0.1) is 5.92 Å². The topological polar surface area (TPSA) is 217 Å². The molecule has 184 valence electrons. The second kappa shape index (κ2) is 13.4. The lowest BCUT2D eigenvalue weighted by atomic mass is 10.0. The van der Waals surface area contributed by atoms with Crippen molar-refractivity contribution in [1.82, 2.24) is 25.9 Å². The highest BCUT2D eigenvalue weighted by Crippen LogP contribution is 2.08. The van der Waals surface area contributed by atoms with Crippen molar-refractivity contribution in [2.24, 2.45) is 11.7 Å². The van der Waals surface area contributed by atoms with Crippen LogP contribution in [0.15, 0.2) is 12.5 Å². The third kappa shape index (κ3) is 9.91. The van der Waals surface area contributed by atoms with Gasteiger partial charge >= 0.3 is 11.9 Å². The summed E-state index contributed by atoms with van der Waals surface area (Å²) in [6.07, 6.45) is 2.36. The van der Waals surface area contributed by atoms with Gasteiger partial charge in [-0.25, -0.2) is 9.78 Å². The van der Waals surface area contributed by atoms with Gasteiger partial charge < -0.3 is 36.9 Å². The summed E-state index contributed by atoms with van der Waals surface area (Å²) in [5, 5.41) is 25.3. The molecule has 0 aliphatic carbocycles. The second-order valence-electron chi connectivity index (χ2n) is 7.82. The van der Waals surface area contributed by atoms with Gasteiger partial charge in [0.2, 0.25) is 17.7 Å². The molecule has 3 amide bonds. The van der Waals surface area contributed by atoms with E-state index < -0.39 is 60.2 Å². The minimum Gasteiger partial charge on any atom is -0.481 e. The van der Waals surface area contributed by atoms with Crippen molar-refractivity contribution in [2.75, 3.05) is 5.75 Å². The molecule has 0 radical (unpaired) electrons. The molecule has 14 heteroatoms. The fraction of sp³-hybridized carbons (Fsp3) is 0.579. The van der Waals surface area contributed by atoms with E-state index in [-0.39, 0.29) is 24.5 Å². The number of rotatable bonds is 14. The van der Waals surface area contributed by atoms with Crippen LogP contribution in [-0.2, 0) is 30.4 Å². The molecule has 33 heavy (non-hydrogen) atoms. The molecule has 0 saturated heterocycles. The van der Waals surface area contributed by atoms with Gasteiger partial charge in [0.05, 0.1) is 18.8 Å². The van der Waals surface area contributed by atoms with Crippen molar-refractivity contribution >= 4 is 42.3 Å². The predicted molar refractivity (Wildman–Crippen MR) is 119 cm³/mol. The largest absolute Gasteiger partial charge is 0.481 e. The number of carbonyl (C=O) groups is 5. The Morgan fingerprint density at radius 3 is 2.09 bits per heavy atom. The van der Waals surface area contributed by atoms with Crippen LogP contribution in [-0.4, -0.2) is 79.8 Å². The molecule has 0 fully saturated rings. The normalized spacial score (nSPS) is 14.6. The maximum absolute atomic E-state index is 13.0. The lowest BCUT2D eigenvalue weighted by molar-refractivity contribution is -0.141. The van der Waals surface area contributed by atoms with Crippen LogP contribution in [0.1, 0.15) is 32.4 Å². The molecule has 1 heterocycles. The van der Waals surface area contributed by atoms with Crippen LogP contribution in [0.3, 0.4) is 0 Å². The molecular formula is C19H30N6O7S. The number of nitrogens with zero attached hydrogens (tertiary/aromatic N) is 1. The van der Waals surface area contributed by atoms with Gasteiger partial charge in [-0.05, 0) is 12.3 Å². The van der Waals surface area contributed by atoms with E-state index in [0.717, 1.165) is 0 Å². The molecular weight excluding hydrogens is 456 g/mol. The summed E-state index contributed by atoms with van der Waals surface area (Å²) < 4.78 is 0. The first-order chi connectivity index (χ1) is 15.4. The summed E-state index contributed by atoms with van der Waals surface area (Å²) >= 11 is 3.91. The number of thiol groups is 1. The number of aliphatic carboxylic acids is 2. The first kappa shape index (κ1) is 27.9. The highest BCUT2D eigenvalue weighted by atomic mass is 32.1. The number of aromatic amines is 1. The van der Waals surface area contributed by atoms with Gasteiger partial charge in [-0.2, -0.15) is 12.6 Å². The van der Waals surface area contributed by atoms with E-state index in [1.165, 1.54) is 12.5 Å². The van der Waals surface area contributed by atoms with Crippen LogP contribution in [0.25, 0.3) is 0 Å². The molecule has 0 bridgehead atoms. The van der Waals surface area contributed by atoms with Crippen LogP contribution in [0.2, 0.25) is 0 Å². The van der Waals surface area contributed by atoms with Gasteiger partial charge in [0.1, 0.15) is 18.1 Å². The number of nitrogens with one attached hydrogen (secondary N) is 4. The van der Waals surface area contributed by atoms with Gasteiger partial charge in [-0.1, -0.05) is 13.8 Å². The number of amides is 3. The molecule has 4 atom stereocenters. The van der Waals surface area contributed by atoms with Crippen LogP contribution < -0.4 is 21.7 Å². The Morgan fingerprint density at radius 2 is 1.61 bits per heavy atom. The summed E-state index contributed by atoms with van der Waals surface area (Å²) in [5.74, 6) is -5.07. The Balaban J connectivity index is 3.02. The fourth-order valence-electron chi connectivity index (χ4n) is 2.82. The Morgan fingerprint density at radius 1 is 1.03 bits per heavy atom. The van der Waals surface area contributed by atoms with Gasteiger partial charge in [0.25, 0.3) is 0 Å². The molecule has 4 unspecified atom stereocenters. The van der Waals surface area contributed by atoms with Crippen LogP contribution in [0.4, 0.5) is 0 Å². The Bertz CT molecular complexity index is 833. The molecule has 0 aliphatic heterocycles. The molecule has 13 nitrogen and oxygen atoms in total. The molecule has 8 N–H and O–H groups in total. The molecule has 0 saturated carbocycles. The summed E-state index contributed by atoms with van der Waals surface area (Å²) in [6, 6.07) is -4.93. The third-order valence-electron chi connectivity index (χ3n) is 4.48. The molecule has 0 spiro atoms. The van der Waals surface area contributed by atoms with Crippen LogP contribution >= 0.6 is 12.6 Å². The molecule has 0 aromatic carbocycles. The Kier molecular flexibility index (Phi) is 11.4. The van der Waals surface area contributed by atoms with E-state index in [4.69, 9.17) is 10.8 Å². The second-order valence-corrected chi connectivity index (χ2v) is 8.18. The molecule has 1 aromatic rings. The van der Waals surface area contributed by atoms with Crippen molar-refractivity contribution in [3.63, 3.8) is 0 Å². The van der Waals surface area contributed by atoms with Crippen molar-refractivity contribution in [1.29, 1.82) is 0 Å². The molecule has 0 aliphatic rings. The summed E-state index contributed by atoms with van der Waals surface area (Å²) in [6.45, 7) is 3.62.